The summed E-state index contributed by atoms with van der Waals surface area (Å²) in [6.07, 6.45) is 2.64. The minimum absolute atomic E-state index is 0.0227. The van der Waals surface area contributed by atoms with Crippen molar-refractivity contribution in [3.8, 4) is 0 Å². The molecular weight excluding hydrogens is 233 g/mol. The fourth-order valence-corrected chi connectivity index (χ4v) is 1.16. The molecule has 0 fully saturated rings. The van der Waals surface area contributed by atoms with Crippen LogP contribution in [0.25, 0.3) is 0 Å². The van der Waals surface area contributed by atoms with Crippen LogP contribution < -0.4 is 5.32 Å². The molecule has 1 aromatic carbocycles. The summed E-state index contributed by atoms with van der Waals surface area (Å²) in [4.78, 5) is 10.9. The Morgan fingerprint density at radius 1 is 1.62 bits per heavy atom. The lowest BCUT2D eigenvalue weighted by Gasteiger charge is -2.01. The monoisotopic (exact) mass is 243 g/mol. The highest BCUT2D eigenvalue weighted by atomic mass is 35.5. The topological polar surface area (TPSA) is 38.3 Å². The fourth-order valence-electron chi connectivity index (χ4n) is 0.982. The molecule has 0 spiro atoms. The summed E-state index contributed by atoms with van der Waals surface area (Å²) in [6.45, 7) is 2.05. The van der Waals surface area contributed by atoms with Gasteiger partial charge in [-0.25, -0.2) is 9.18 Å². The molecule has 0 aromatic heterocycles. The summed E-state index contributed by atoms with van der Waals surface area (Å²) < 4.78 is 17.5. The van der Waals surface area contributed by atoms with Crippen LogP contribution >= 0.6 is 11.6 Å². The minimum Gasteiger partial charge on any atom is -0.463 e. The van der Waals surface area contributed by atoms with Gasteiger partial charge in [-0.2, -0.15) is 0 Å². The highest BCUT2D eigenvalue weighted by molar-refractivity contribution is 6.31. The molecule has 1 aromatic rings. The van der Waals surface area contributed by atoms with E-state index in [1.54, 1.807) is 6.92 Å². The average Bonchev–Trinajstić information content (AvgIpc) is 2.24. The van der Waals surface area contributed by atoms with Gasteiger partial charge in [-0.05, 0) is 25.1 Å². The molecule has 0 aliphatic rings. The number of rotatable bonds is 4. The molecule has 0 heterocycles. The number of benzene rings is 1. The van der Waals surface area contributed by atoms with Crippen molar-refractivity contribution in [3.63, 3.8) is 0 Å². The van der Waals surface area contributed by atoms with E-state index in [-0.39, 0.29) is 5.02 Å². The van der Waals surface area contributed by atoms with Crippen LogP contribution in [0.5, 0.6) is 0 Å². The van der Waals surface area contributed by atoms with Crippen LogP contribution in [0.15, 0.2) is 30.5 Å². The number of halogens is 2. The van der Waals surface area contributed by atoms with Crippen LogP contribution in [0.1, 0.15) is 6.92 Å². The largest absolute Gasteiger partial charge is 0.463 e. The Labute approximate surface area is 97.9 Å². The van der Waals surface area contributed by atoms with Crippen LogP contribution in [0.2, 0.25) is 5.02 Å². The number of carbonyl (C=O) groups excluding carboxylic acids is 1. The summed E-state index contributed by atoms with van der Waals surface area (Å²) in [5.41, 5.74) is 0.590. The normalized spacial score (nSPS) is 10.4. The highest BCUT2D eigenvalue weighted by Crippen LogP contribution is 2.19. The molecule has 0 amide bonds. The van der Waals surface area contributed by atoms with E-state index in [2.05, 4.69) is 10.1 Å². The third kappa shape index (κ3) is 3.90. The molecule has 0 radical (unpaired) electrons. The van der Waals surface area contributed by atoms with E-state index in [0.717, 1.165) is 0 Å². The summed E-state index contributed by atoms with van der Waals surface area (Å²) in [5.74, 6) is -0.926. The van der Waals surface area contributed by atoms with E-state index in [0.29, 0.717) is 12.3 Å². The van der Waals surface area contributed by atoms with E-state index in [9.17, 15) is 9.18 Å². The Balaban J connectivity index is 2.54. The van der Waals surface area contributed by atoms with Crippen molar-refractivity contribution in [1.29, 1.82) is 0 Å². The van der Waals surface area contributed by atoms with Crippen molar-refractivity contribution >= 4 is 23.3 Å². The zero-order chi connectivity index (χ0) is 12.0. The molecule has 0 saturated heterocycles. The van der Waals surface area contributed by atoms with E-state index in [1.807, 2.05) is 0 Å². The molecule has 86 valence electrons. The predicted octanol–water partition coefficient (Wildman–Crippen LogP) is 2.97. The average molecular weight is 244 g/mol. The van der Waals surface area contributed by atoms with Crippen molar-refractivity contribution in [2.45, 2.75) is 6.92 Å². The van der Waals surface area contributed by atoms with Crippen molar-refractivity contribution in [2.75, 3.05) is 11.9 Å². The molecule has 5 heteroatoms. The first-order chi connectivity index (χ1) is 7.63. The quantitative estimate of drug-likeness (QED) is 0.653. The van der Waals surface area contributed by atoms with Crippen molar-refractivity contribution in [3.05, 3.63) is 41.3 Å². The Morgan fingerprint density at radius 3 is 3.00 bits per heavy atom. The second kappa shape index (κ2) is 6.12. The molecule has 0 bridgehead atoms. The van der Waals surface area contributed by atoms with E-state index in [1.165, 1.54) is 30.5 Å². The Hall–Kier alpha value is -1.55. The maximum atomic E-state index is 12.8. The lowest BCUT2D eigenvalue weighted by atomic mass is 10.3. The van der Waals surface area contributed by atoms with Crippen molar-refractivity contribution in [2.24, 2.45) is 0 Å². The summed E-state index contributed by atoms with van der Waals surface area (Å²) in [7, 11) is 0. The zero-order valence-corrected chi connectivity index (χ0v) is 9.42. The van der Waals surface area contributed by atoms with Crippen molar-refractivity contribution < 1.29 is 13.9 Å². The smallest absolute Gasteiger partial charge is 0.332 e. The first kappa shape index (κ1) is 12.5. The fraction of sp³-hybridized carbons (Fsp3) is 0.182. The van der Waals surface area contributed by atoms with Crippen LogP contribution in [0, 0.1) is 5.82 Å². The molecule has 1 N–H and O–H groups in total. The second-order valence-electron chi connectivity index (χ2n) is 2.86. The number of ether oxygens (including phenoxy) is 1. The van der Waals surface area contributed by atoms with Gasteiger partial charge in [0.2, 0.25) is 0 Å². The van der Waals surface area contributed by atoms with Gasteiger partial charge < -0.3 is 10.1 Å². The minimum atomic E-state index is -0.485. The van der Waals surface area contributed by atoms with Gasteiger partial charge in [0, 0.05) is 18.0 Å². The van der Waals surface area contributed by atoms with Gasteiger partial charge in [0.15, 0.2) is 0 Å². The lowest BCUT2D eigenvalue weighted by molar-refractivity contribution is -0.137. The first-order valence-electron chi connectivity index (χ1n) is 4.68. The van der Waals surface area contributed by atoms with Crippen molar-refractivity contribution in [1.82, 2.24) is 0 Å². The summed E-state index contributed by atoms with van der Waals surface area (Å²) in [5, 5.41) is 2.79. The third-order valence-corrected chi connectivity index (χ3v) is 1.97. The maximum Gasteiger partial charge on any atom is 0.332 e. The first-order valence-corrected chi connectivity index (χ1v) is 5.06. The van der Waals surface area contributed by atoms with Gasteiger partial charge in [-0.1, -0.05) is 11.6 Å². The molecule has 0 saturated carbocycles. The third-order valence-electron chi connectivity index (χ3n) is 1.68. The van der Waals surface area contributed by atoms with Crippen LogP contribution in [0.3, 0.4) is 0 Å². The molecule has 0 unspecified atom stereocenters. The Morgan fingerprint density at radius 2 is 2.38 bits per heavy atom. The second-order valence-corrected chi connectivity index (χ2v) is 3.27. The van der Waals surface area contributed by atoms with E-state index < -0.39 is 11.8 Å². The summed E-state index contributed by atoms with van der Waals surface area (Å²) in [6, 6.07) is 4.17. The van der Waals surface area contributed by atoms with Crippen LogP contribution in [0.4, 0.5) is 10.1 Å². The van der Waals surface area contributed by atoms with Gasteiger partial charge >= 0.3 is 5.97 Å². The molecule has 16 heavy (non-hydrogen) atoms. The molecule has 0 aliphatic carbocycles. The highest BCUT2D eigenvalue weighted by Gasteiger charge is 1.99. The molecule has 3 nitrogen and oxygen atoms in total. The lowest BCUT2D eigenvalue weighted by Crippen LogP contribution is -2.00. The van der Waals surface area contributed by atoms with Gasteiger partial charge in [-0.15, -0.1) is 0 Å². The molecular formula is C11H11ClFNO2. The number of carbonyl (C=O) groups is 1. The standard InChI is InChI=1S/C11H11ClFNO2/c1-2-16-11(15)5-6-14-8-3-4-10(13)9(12)7-8/h3-7,14H,2H2,1H3/b6-5+. The van der Waals surface area contributed by atoms with Crippen LogP contribution in [-0.4, -0.2) is 12.6 Å². The zero-order valence-electron chi connectivity index (χ0n) is 8.67. The number of nitrogens with one attached hydrogen (secondary N) is 1. The van der Waals surface area contributed by atoms with Gasteiger partial charge in [-0.3, -0.25) is 0 Å². The summed E-state index contributed by atoms with van der Waals surface area (Å²) >= 11 is 5.57. The van der Waals surface area contributed by atoms with Crippen LogP contribution in [-0.2, 0) is 9.53 Å². The Bertz CT molecular complexity index is 407. The maximum absolute atomic E-state index is 12.8. The predicted molar refractivity (Wildman–Crippen MR) is 60.8 cm³/mol. The molecule has 0 atom stereocenters. The van der Waals surface area contributed by atoms with E-state index in [4.69, 9.17) is 11.6 Å². The number of anilines is 1. The Kier molecular flexibility index (Phi) is 4.79. The van der Waals surface area contributed by atoms with E-state index >= 15 is 0 Å². The molecule has 0 aliphatic heterocycles. The molecule has 1 rings (SSSR count). The number of esters is 1. The number of hydrogen-bond donors (Lipinski definition) is 1. The number of hydrogen-bond acceptors (Lipinski definition) is 3. The van der Waals surface area contributed by atoms with Gasteiger partial charge in [0.25, 0.3) is 0 Å². The van der Waals surface area contributed by atoms with Gasteiger partial charge in [0.1, 0.15) is 5.82 Å². The van der Waals surface area contributed by atoms with Gasteiger partial charge in [0.05, 0.1) is 11.6 Å². The SMILES string of the molecule is CCOC(=O)/C=C/Nc1ccc(F)c(Cl)c1.